The number of rotatable bonds is 3. The number of allylic oxidation sites excluding steroid dienone is 2. The van der Waals surface area contributed by atoms with E-state index in [0.29, 0.717) is 5.56 Å². The maximum atomic E-state index is 11.5. The summed E-state index contributed by atoms with van der Waals surface area (Å²) in [4.78, 5) is 13.2. The van der Waals surface area contributed by atoms with Crippen LogP contribution < -0.4 is 5.32 Å². The molecular weight excluding hydrogens is 410 g/mol. The zero-order valence-electron chi connectivity index (χ0n) is 15.1. The largest absolute Gasteiger partial charge is 0.372 e. The van der Waals surface area contributed by atoms with Gasteiger partial charge in [0.25, 0.3) is 5.69 Å². The third-order valence-corrected chi connectivity index (χ3v) is 5.71. The molecule has 0 aliphatic carbocycles. The van der Waals surface area contributed by atoms with E-state index in [1.54, 1.807) is 23.7 Å². The Labute approximate surface area is 164 Å². The summed E-state index contributed by atoms with van der Waals surface area (Å²) in [5.74, 6) is 0. The maximum absolute atomic E-state index is 11.5. The molecule has 1 atom stereocenters. The van der Waals surface area contributed by atoms with Crippen molar-refractivity contribution in [1.82, 2.24) is 20.0 Å². The Morgan fingerprint density at radius 1 is 1.30 bits per heavy atom. The molecule has 2 aliphatic heterocycles. The van der Waals surface area contributed by atoms with Crippen LogP contribution in [0.5, 0.6) is 0 Å². The van der Waals surface area contributed by atoms with Crippen molar-refractivity contribution in [2.75, 3.05) is 7.05 Å². The first-order chi connectivity index (χ1) is 12.9. The third kappa shape index (κ3) is 2.86. The minimum Gasteiger partial charge on any atom is -0.372 e. The molecule has 0 saturated carbocycles. The number of benzene rings is 1. The van der Waals surface area contributed by atoms with E-state index >= 15 is 0 Å². The van der Waals surface area contributed by atoms with Gasteiger partial charge >= 0.3 is 0 Å². The van der Waals surface area contributed by atoms with Gasteiger partial charge < -0.3 is 10.2 Å². The fourth-order valence-electron chi connectivity index (χ4n) is 3.55. The Hall–Kier alpha value is -2.87. The summed E-state index contributed by atoms with van der Waals surface area (Å²) in [7, 11) is 3.84. The van der Waals surface area contributed by atoms with Crippen molar-refractivity contribution in [3.8, 4) is 0 Å². The normalized spacial score (nSPS) is 18.8. The van der Waals surface area contributed by atoms with Gasteiger partial charge in [0.2, 0.25) is 0 Å². The predicted molar refractivity (Wildman–Crippen MR) is 107 cm³/mol. The van der Waals surface area contributed by atoms with Gasteiger partial charge in [-0.2, -0.15) is 5.10 Å². The molecule has 3 heterocycles. The van der Waals surface area contributed by atoms with Gasteiger partial charge in [-0.25, -0.2) is 0 Å². The maximum Gasteiger partial charge on any atom is 0.272 e. The minimum atomic E-state index is -0.331. The van der Waals surface area contributed by atoms with Crippen molar-refractivity contribution in [2.45, 2.75) is 13.0 Å². The number of nitrogens with zero attached hydrogens (tertiary/aromatic N) is 4. The van der Waals surface area contributed by atoms with Crippen LogP contribution in [0.4, 0.5) is 5.69 Å². The van der Waals surface area contributed by atoms with Crippen molar-refractivity contribution < 1.29 is 4.92 Å². The lowest BCUT2D eigenvalue weighted by atomic mass is 9.93. The van der Waals surface area contributed by atoms with Gasteiger partial charge in [-0.1, -0.05) is 12.1 Å². The smallest absolute Gasteiger partial charge is 0.272 e. The summed E-state index contributed by atoms with van der Waals surface area (Å²) in [5.41, 5.74) is 5.56. The molecule has 0 spiro atoms. The van der Waals surface area contributed by atoms with Gasteiger partial charge in [0.1, 0.15) is 0 Å². The van der Waals surface area contributed by atoms with Crippen LogP contribution in [0.2, 0.25) is 0 Å². The average molecular weight is 428 g/mol. The van der Waals surface area contributed by atoms with E-state index in [9.17, 15) is 10.1 Å². The van der Waals surface area contributed by atoms with Crippen LogP contribution in [0.25, 0.3) is 5.57 Å². The van der Waals surface area contributed by atoms with E-state index in [-0.39, 0.29) is 16.7 Å². The highest BCUT2D eigenvalue weighted by Gasteiger charge is 2.36. The second-order valence-electron chi connectivity index (χ2n) is 6.67. The van der Waals surface area contributed by atoms with Gasteiger partial charge in [0, 0.05) is 43.1 Å². The molecule has 0 bridgehead atoms. The monoisotopic (exact) mass is 427 g/mol. The number of hydrogen-bond donors (Lipinski definition) is 1. The van der Waals surface area contributed by atoms with E-state index in [4.69, 9.17) is 0 Å². The SMILES string of the molecule is Cc1ccc(C2=C3C(=CC=C(Br)N3C)NC2c2cnn(C)c2)cc1[N+](=O)[O-]. The standard InChI is InChI=1S/C19H18BrN5O2/c1-11-4-5-12(8-15(11)25(26)27)17-18(13-9-21-23(2)10-13)22-14-6-7-16(20)24(3)19(14)17/h4-10,18,22H,1-3H3. The molecule has 0 radical (unpaired) electrons. The van der Waals surface area contributed by atoms with Crippen molar-refractivity contribution >= 4 is 27.2 Å². The fraction of sp³-hybridized carbons (Fsp3) is 0.211. The van der Waals surface area contributed by atoms with Gasteiger partial charge in [0.15, 0.2) is 0 Å². The molecule has 1 aromatic heterocycles. The van der Waals surface area contributed by atoms with Crippen LogP contribution in [0.1, 0.15) is 22.7 Å². The molecule has 1 aromatic carbocycles. The van der Waals surface area contributed by atoms with E-state index in [1.165, 1.54) is 0 Å². The van der Waals surface area contributed by atoms with Crippen LogP contribution in [0.15, 0.2) is 58.7 Å². The molecule has 7 nitrogen and oxygen atoms in total. The fourth-order valence-corrected chi connectivity index (χ4v) is 3.86. The number of fused-ring (bicyclic) bond motifs is 1. The Morgan fingerprint density at radius 2 is 2.07 bits per heavy atom. The van der Waals surface area contributed by atoms with Gasteiger partial charge in [-0.3, -0.25) is 14.8 Å². The number of nitro benzene ring substituents is 1. The highest BCUT2D eigenvalue weighted by atomic mass is 79.9. The molecule has 4 rings (SSSR count). The number of nitro groups is 1. The van der Waals surface area contributed by atoms with Crippen molar-refractivity contribution in [3.05, 3.63) is 85.5 Å². The molecule has 27 heavy (non-hydrogen) atoms. The van der Waals surface area contributed by atoms with Crippen LogP contribution in [-0.4, -0.2) is 26.7 Å². The van der Waals surface area contributed by atoms with Crippen LogP contribution in [-0.2, 0) is 7.05 Å². The lowest BCUT2D eigenvalue weighted by Crippen LogP contribution is -2.21. The first-order valence-electron chi connectivity index (χ1n) is 8.43. The van der Waals surface area contributed by atoms with E-state index in [1.807, 2.05) is 49.6 Å². The highest BCUT2D eigenvalue weighted by molar-refractivity contribution is 9.11. The van der Waals surface area contributed by atoms with E-state index in [0.717, 1.165) is 32.7 Å². The zero-order chi connectivity index (χ0) is 19.3. The summed E-state index contributed by atoms with van der Waals surface area (Å²) in [5, 5.41) is 19.3. The molecule has 138 valence electrons. The lowest BCUT2D eigenvalue weighted by Gasteiger charge is -2.25. The third-order valence-electron chi connectivity index (χ3n) is 4.92. The summed E-state index contributed by atoms with van der Waals surface area (Å²) in [6.45, 7) is 1.75. The molecule has 2 aromatic rings. The second kappa shape index (κ2) is 6.38. The van der Waals surface area contributed by atoms with Crippen LogP contribution in [0, 0.1) is 17.0 Å². The van der Waals surface area contributed by atoms with Gasteiger partial charge in [0.05, 0.1) is 33.2 Å². The zero-order valence-corrected chi connectivity index (χ0v) is 16.7. The predicted octanol–water partition coefficient (Wildman–Crippen LogP) is 3.76. The first-order valence-corrected chi connectivity index (χ1v) is 9.22. The highest BCUT2D eigenvalue weighted by Crippen LogP contribution is 2.45. The minimum absolute atomic E-state index is 0.121. The lowest BCUT2D eigenvalue weighted by molar-refractivity contribution is -0.385. The van der Waals surface area contributed by atoms with Crippen LogP contribution >= 0.6 is 15.9 Å². The Morgan fingerprint density at radius 3 is 2.74 bits per heavy atom. The molecular formula is C19H18BrN5O2. The van der Waals surface area contributed by atoms with Crippen LogP contribution in [0.3, 0.4) is 0 Å². The van der Waals surface area contributed by atoms with Gasteiger partial charge in [-0.15, -0.1) is 0 Å². The average Bonchev–Trinajstić information content (AvgIpc) is 3.22. The summed E-state index contributed by atoms with van der Waals surface area (Å²) in [6, 6.07) is 5.26. The molecule has 1 N–H and O–H groups in total. The summed E-state index contributed by atoms with van der Waals surface area (Å²) >= 11 is 3.58. The molecule has 8 heteroatoms. The summed E-state index contributed by atoms with van der Waals surface area (Å²) in [6.07, 6.45) is 7.77. The Bertz CT molecular complexity index is 1050. The Kier molecular flexibility index (Phi) is 4.15. The molecule has 0 fully saturated rings. The van der Waals surface area contributed by atoms with Crippen molar-refractivity contribution in [1.29, 1.82) is 0 Å². The topological polar surface area (TPSA) is 76.2 Å². The number of hydrogen-bond acceptors (Lipinski definition) is 5. The van der Waals surface area contributed by atoms with Crippen molar-refractivity contribution in [2.24, 2.45) is 7.05 Å². The number of aryl methyl sites for hydroxylation is 2. The molecule has 1 unspecified atom stereocenters. The first kappa shape index (κ1) is 17.5. The number of likely N-dealkylation sites (N-methyl/N-ethyl adjacent to an activating group) is 1. The Balaban J connectivity index is 1.94. The molecule has 0 amide bonds. The van der Waals surface area contributed by atoms with Gasteiger partial charge in [-0.05, 0) is 40.6 Å². The van der Waals surface area contributed by atoms with E-state index < -0.39 is 0 Å². The number of aromatic nitrogens is 2. The second-order valence-corrected chi connectivity index (χ2v) is 7.49. The molecule has 0 saturated heterocycles. The number of halogens is 1. The van der Waals surface area contributed by atoms with Crippen molar-refractivity contribution in [3.63, 3.8) is 0 Å². The molecule has 2 aliphatic rings. The number of nitrogens with one attached hydrogen (secondary N) is 1. The summed E-state index contributed by atoms with van der Waals surface area (Å²) < 4.78 is 2.68. The quantitative estimate of drug-likeness (QED) is 0.458. The van der Waals surface area contributed by atoms with E-state index in [2.05, 4.69) is 26.3 Å².